The Morgan fingerprint density at radius 2 is 0.917 bits per heavy atom. The van der Waals surface area contributed by atoms with E-state index in [1.165, 1.54) is 55.6 Å². The second-order valence-electron chi connectivity index (χ2n) is 16.8. The SMILES string of the molecule is CC1(C)c2ccccc2-c2ccc(N(c3cccc(-c4cccc5c4oc4ccccc45)c3)c3ccc4c(c3)-c3ccccc3C4(c3ccccc3)c3ccccc3)cc21. The fourth-order valence-electron chi connectivity index (χ4n) is 10.6. The number of benzene rings is 9. The molecule has 2 aliphatic rings. The Balaban J connectivity index is 1.09. The molecule has 0 spiro atoms. The summed E-state index contributed by atoms with van der Waals surface area (Å²) < 4.78 is 6.57. The molecule has 2 aliphatic carbocycles. The Labute approximate surface area is 350 Å². The number of furan rings is 1. The van der Waals surface area contributed by atoms with Gasteiger partial charge in [-0.2, -0.15) is 0 Å². The minimum absolute atomic E-state index is 0.145. The van der Waals surface area contributed by atoms with Crippen molar-refractivity contribution in [3.63, 3.8) is 0 Å². The normalized spacial score (nSPS) is 14.1. The fraction of sp³-hybridized carbons (Fsp3) is 0.0690. The van der Waals surface area contributed by atoms with E-state index in [-0.39, 0.29) is 5.41 Å². The van der Waals surface area contributed by atoms with Crippen molar-refractivity contribution < 1.29 is 4.42 Å². The van der Waals surface area contributed by atoms with Crippen LogP contribution >= 0.6 is 0 Å². The summed E-state index contributed by atoms with van der Waals surface area (Å²) in [5, 5.41) is 2.26. The van der Waals surface area contributed by atoms with E-state index in [0.717, 1.165) is 50.1 Å². The third-order valence-electron chi connectivity index (χ3n) is 13.3. The lowest BCUT2D eigenvalue weighted by Gasteiger charge is -2.34. The van der Waals surface area contributed by atoms with E-state index < -0.39 is 5.41 Å². The Bertz CT molecular complexity index is 3260. The number of hydrogen-bond acceptors (Lipinski definition) is 2. The summed E-state index contributed by atoms with van der Waals surface area (Å²) in [4.78, 5) is 2.45. The lowest BCUT2D eigenvalue weighted by atomic mass is 9.68. The quantitative estimate of drug-likeness (QED) is 0.168. The molecule has 60 heavy (non-hydrogen) atoms. The van der Waals surface area contributed by atoms with Crippen LogP contribution in [0.15, 0.2) is 217 Å². The minimum atomic E-state index is -0.466. The van der Waals surface area contributed by atoms with E-state index in [0.29, 0.717) is 0 Å². The first-order valence-electron chi connectivity index (χ1n) is 20.9. The molecule has 0 radical (unpaired) electrons. The maximum atomic E-state index is 6.57. The molecule has 2 heteroatoms. The molecular weight excluding hydrogens is 727 g/mol. The van der Waals surface area contributed by atoms with Gasteiger partial charge in [-0.3, -0.25) is 0 Å². The number of anilines is 3. The third kappa shape index (κ3) is 4.88. The van der Waals surface area contributed by atoms with Gasteiger partial charge in [0.25, 0.3) is 0 Å². The summed E-state index contributed by atoms with van der Waals surface area (Å²) >= 11 is 0. The minimum Gasteiger partial charge on any atom is -0.455 e. The smallest absolute Gasteiger partial charge is 0.143 e. The Hall–Kier alpha value is -7.42. The van der Waals surface area contributed by atoms with Gasteiger partial charge in [0.2, 0.25) is 0 Å². The molecule has 0 unspecified atom stereocenters. The van der Waals surface area contributed by atoms with Crippen molar-refractivity contribution >= 4 is 39.0 Å². The topological polar surface area (TPSA) is 16.4 Å². The monoisotopic (exact) mass is 767 g/mol. The molecule has 0 bridgehead atoms. The van der Waals surface area contributed by atoms with E-state index in [2.05, 4.69) is 225 Å². The molecule has 0 fully saturated rings. The van der Waals surface area contributed by atoms with E-state index in [1.54, 1.807) is 0 Å². The van der Waals surface area contributed by atoms with Crippen LogP contribution in [0.4, 0.5) is 17.1 Å². The van der Waals surface area contributed by atoms with Gasteiger partial charge in [0.1, 0.15) is 11.2 Å². The zero-order chi connectivity index (χ0) is 40.0. The number of hydrogen-bond donors (Lipinski definition) is 0. The van der Waals surface area contributed by atoms with Crippen molar-refractivity contribution in [2.24, 2.45) is 0 Å². The van der Waals surface area contributed by atoms with Crippen molar-refractivity contribution in [3.8, 4) is 33.4 Å². The Morgan fingerprint density at radius 1 is 0.367 bits per heavy atom. The lowest BCUT2D eigenvalue weighted by molar-refractivity contribution is 0.660. The van der Waals surface area contributed by atoms with Gasteiger partial charge in [0.05, 0.1) is 5.41 Å². The number of rotatable bonds is 6. The predicted molar refractivity (Wildman–Crippen MR) is 249 cm³/mol. The fourth-order valence-corrected chi connectivity index (χ4v) is 10.6. The first kappa shape index (κ1) is 34.6. The van der Waals surface area contributed by atoms with E-state index in [1.807, 2.05) is 6.07 Å². The van der Waals surface area contributed by atoms with Gasteiger partial charge in [-0.1, -0.05) is 184 Å². The molecule has 284 valence electrons. The highest BCUT2D eigenvalue weighted by atomic mass is 16.3. The maximum absolute atomic E-state index is 6.57. The summed E-state index contributed by atoms with van der Waals surface area (Å²) in [6, 6.07) is 78.0. The van der Waals surface area contributed by atoms with E-state index >= 15 is 0 Å². The highest BCUT2D eigenvalue weighted by Crippen LogP contribution is 2.58. The largest absolute Gasteiger partial charge is 0.455 e. The average molecular weight is 768 g/mol. The molecular formula is C58H41NO. The van der Waals surface area contributed by atoms with Gasteiger partial charge in [0, 0.05) is 38.8 Å². The molecule has 0 N–H and O–H groups in total. The highest BCUT2D eigenvalue weighted by Gasteiger charge is 2.46. The van der Waals surface area contributed by atoms with Crippen LogP contribution < -0.4 is 4.90 Å². The summed E-state index contributed by atoms with van der Waals surface area (Å²) in [6.07, 6.45) is 0. The lowest BCUT2D eigenvalue weighted by Crippen LogP contribution is -2.28. The second-order valence-corrected chi connectivity index (χ2v) is 16.8. The number of nitrogens with zero attached hydrogens (tertiary/aromatic N) is 1. The number of para-hydroxylation sites is 2. The molecule has 1 heterocycles. The molecule has 10 aromatic rings. The van der Waals surface area contributed by atoms with Gasteiger partial charge in [-0.25, -0.2) is 0 Å². The summed E-state index contributed by atoms with van der Waals surface area (Å²) in [6.45, 7) is 4.72. The standard InChI is InChI=1S/C58H41NO/c1-57(2)51-28-12-9-23-45(51)47-33-31-43(37-54(47)57)59(41-22-15-17-38(35-41)44-26-16-27-49-48-25-11-14-30-55(48)60-56(44)49)42-32-34-53-50(36-42)46-24-10-13-29-52(46)58(53,39-18-5-3-6-19-39)40-20-7-4-8-21-40/h3-37H,1-2H3. The molecule has 0 aliphatic heterocycles. The third-order valence-corrected chi connectivity index (χ3v) is 13.3. The van der Waals surface area contributed by atoms with Crippen LogP contribution in [0.2, 0.25) is 0 Å². The van der Waals surface area contributed by atoms with Crippen molar-refractivity contribution in [2.45, 2.75) is 24.7 Å². The van der Waals surface area contributed by atoms with Crippen LogP contribution in [0.5, 0.6) is 0 Å². The van der Waals surface area contributed by atoms with E-state index in [9.17, 15) is 0 Å². The maximum Gasteiger partial charge on any atom is 0.143 e. The van der Waals surface area contributed by atoms with Gasteiger partial charge in [-0.15, -0.1) is 0 Å². The molecule has 2 nitrogen and oxygen atoms in total. The van der Waals surface area contributed by atoms with Gasteiger partial charge in [-0.05, 0) is 104 Å². The van der Waals surface area contributed by atoms with Crippen molar-refractivity contribution in [1.82, 2.24) is 0 Å². The van der Waals surface area contributed by atoms with Crippen LogP contribution in [0.3, 0.4) is 0 Å². The van der Waals surface area contributed by atoms with Crippen LogP contribution in [0, 0.1) is 0 Å². The van der Waals surface area contributed by atoms with Gasteiger partial charge in [0.15, 0.2) is 0 Å². The zero-order valence-corrected chi connectivity index (χ0v) is 33.6. The summed E-state index contributed by atoms with van der Waals surface area (Å²) in [5.41, 5.74) is 19.7. The average Bonchev–Trinajstić information content (AvgIpc) is 3.91. The first-order chi connectivity index (χ1) is 29.5. The van der Waals surface area contributed by atoms with Crippen LogP contribution in [0.25, 0.3) is 55.3 Å². The molecule has 9 aromatic carbocycles. The molecule has 12 rings (SSSR count). The van der Waals surface area contributed by atoms with Crippen LogP contribution in [-0.2, 0) is 10.8 Å². The van der Waals surface area contributed by atoms with Gasteiger partial charge >= 0.3 is 0 Å². The number of fused-ring (bicyclic) bond motifs is 9. The van der Waals surface area contributed by atoms with E-state index in [4.69, 9.17) is 4.42 Å². The van der Waals surface area contributed by atoms with Crippen molar-refractivity contribution in [3.05, 3.63) is 246 Å². The zero-order valence-electron chi connectivity index (χ0n) is 33.6. The second kappa shape index (κ2) is 13.0. The van der Waals surface area contributed by atoms with Crippen LogP contribution in [-0.4, -0.2) is 0 Å². The molecule has 0 amide bonds. The summed E-state index contributed by atoms with van der Waals surface area (Å²) in [5.74, 6) is 0. The van der Waals surface area contributed by atoms with Gasteiger partial charge < -0.3 is 9.32 Å². The van der Waals surface area contributed by atoms with Crippen molar-refractivity contribution in [2.75, 3.05) is 4.90 Å². The highest BCUT2D eigenvalue weighted by molar-refractivity contribution is 6.09. The molecule has 1 aromatic heterocycles. The molecule has 0 saturated carbocycles. The first-order valence-corrected chi connectivity index (χ1v) is 20.9. The molecule has 0 atom stereocenters. The van der Waals surface area contributed by atoms with Crippen LogP contribution in [0.1, 0.15) is 47.2 Å². The summed E-state index contributed by atoms with van der Waals surface area (Å²) in [7, 11) is 0. The Kier molecular flexibility index (Phi) is 7.52. The Morgan fingerprint density at radius 3 is 1.70 bits per heavy atom. The predicted octanol–water partition coefficient (Wildman–Crippen LogP) is 15.4. The van der Waals surface area contributed by atoms with Crippen molar-refractivity contribution in [1.29, 1.82) is 0 Å². The molecule has 0 saturated heterocycles.